The second-order valence-electron chi connectivity index (χ2n) is 8.07. The van der Waals surface area contributed by atoms with E-state index >= 15 is 0 Å². The van der Waals surface area contributed by atoms with Gasteiger partial charge in [0.2, 0.25) is 0 Å². The van der Waals surface area contributed by atoms with Crippen LogP contribution in [0.25, 0.3) is 0 Å². The molecule has 2 fully saturated rings. The molecule has 0 radical (unpaired) electrons. The Hall–Kier alpha value is -1.52. The zero-order valence-corrected chi connectivity index (χ0v) is 13.7. The normalized spacial score (nSPS) is 30.5. The van der Waals surface area contributed by atoms with Crippen LogP contribution in [-0.2, 0) is 7.05 Å². The van der Waals surface area contributed by atoms with Crippen molar-refractivity contribution in [3.05, 3.63) is 11.8 Å². The van der Waals surface area contributed by atoms with Crippen LogP contribution in [0.5, 0.6) is 0 Å². The van der Waals surface area contributed by atoms with Crippen molar-refractivity contribution < 1.29 is 4.79 Å². The number of urea groups is 1. The number of amides is 2. The fraction of sp³-hybridized carbons (Fsp3) is 0.750. The van der Waals surface area contributed by atoms with Crippen LogP contribution in [0, 0.1) is 17.8 Å². The van der Waals surface area contributed by atoms with Gasteiger partial charge in [-0.25, -0.2) is 4.79 Å². The number of hydrogen-bond donors (Lipinski definition) is 1. The number of rotatable bonds is 1. The van der Waals surface area contributed by atoms with E-state index in [1.165, 1.54) is 6.42 Å². The second-order valence-corrected chi connectivity index (χ2v) is 8.07. The average molecular weight is 290 g/mol. The van der Waals surface area contributed by atoms with Crippen LogP contribution >= 0.6 is 0 Å². The summed E-state index contributed by atoms with van der Waals surface area (Å²) in [6, 6.07) is 2.27. The van der Waals surface area contributed by atoms with Crippen molar-refractivity contribution in [1.82, 2.24) is 14.7 Å². The number of aryl methyl sites for hydroxylation is 2. The van der Waals surface area contributed by atoms with Gasteiger partial charge in [-0.3, -0.25) is 10.00 Å². The van der Waals surface area contributed by atoms with Gasteiger partial charge in [0.15, 0.2) is 5.82 Å². The van der Waals surface area contributed by atoms with Crippen molar-refractivity contribution in [2.75, 3.05) is 11.9 Å². The van der Waals surface area contributed by atoms with E-state index in [0.717, 1.165) is 25.1 Å². The number of fused-ring (bicyclic) bond motifs is 2. The first kappa shape index (κ1) is 14.4. The topological polar surface area (TPSA) is 50.2 Å². The summed E-state index contributed by atoms with van der Waals surface area (Å²) in [7, 11) is 1.89. The van der Waals surface area contributed by atoms with E-state index < -0.39 is 0 Å². The van der Waals surface area contributed by atoms with Crippen molar-refractivity contribution in [3.8, 4) is 0 Å². The number of nitrogens with zero attached hydrogens (tertiary/aromatic N) is 3. The van der Waals surface area contributed by atoms with Crippen LogP contribution in [0.1, 0.15) is 45.7 Å². The molecule has 1 aromatic rings. The summed E-state index contributed by atoms with van der Waals surface area (Å²) >= 11 is 0. The summed E-state index contributed by atoms with van der Waals surface area (Å²) < 4.78 is 1.78. The van der Waals surface area contributed by atoms with E-state index in [9.17, 15) is 4.79 Å². The average Bonchev–Trinajstić information content (AvgIpc) is 2.75. The van der Waals surface area contributed by atoms with Crippen LogP contribution in [-0.4, -0.2) is 33.3 Å². The minimum atomic E-state index is -0.000440. The van der Waals surface area contributed by atoms with E-state index in [1.54, 1.807) is 4.68 Å². The Morgan fingerprint density at radius 2 is 2.10 bits per heavy atom. The molecule has 0 aromatic carbocycles. The number of likely N-dealkylation sites (tertiary alicyclic amines) is 1. The molecule has 1 saturated carbocycles. The Balaban J connectivity index is 1.74. The lowest BCUT2D eigenvalue weighted by Gasteiger charge is -2.39. The van der Waals surface area contributed by atoms with Crippen molar-refractivity contribution in [2.45, 2.75) is 53.0 Å². The molecule has 1 N–H and O–H groups in total. The lowest BCUT2D eigenvalue weighted by molar-refractivity contribution is 0.130. The van der Waals surface area contributed by atoms with E-state index in [-0.39, 0.29) is 11.4 Å². The molecule has 0 spiro atoms. The van der Waals surface area contributed by atoms with Crippen LogP contribution < -0.4 is 5.32 Å². The first-order chi connectivity index (χ1) is 9.67. The highest BCUT2D eigenvalue weighted by Crippen LogP contribution is 2.52. The maximum atomic E-state index is 12.6. The van der Waals surface area contributed by atoms with Crippen LogP contribution in [0.3, 0.4) is 0 Å². The van der Waals surface area contributed by atoms with Crippen LogP contribution in [0.15, 0.2) is 6.07 Å². The van der Waals surface area contributed by atoms with E-state index in [2.05, 4.69) is 31.2 Å². The van der Waals surface area contributed by atoms with E-state index in [4.69, 9.17) is 0 Å². The summed E-state index contributed by atoms with van der Waals surface area (Å²) in [4.78, 5) is 14.6. The number of carbonyl (C=O) groups is 1. The maximum absolute atomic E-state index is 12.6. The summed E-state index contributed by atoms with van der Waals surface area (Å²) in [6.07, 6.45) is 3.42. The quantitative estimate of drug-likeness (QED) is 0.863. The molecule has 5 heteroatoms. The molecule has 2 atom stereocenters. The largest absolute Gasteiger partial charge is 0.323 e. The van der Waals surface area contributed by atoms with Gasteiger partial charge in [-0.2, -0.15) is 5.10 Å². The second kappa shape index (κ2) is 4.49. The SMILES string of the molecule is Cc1cc(NC(=O)N2CC3(C)CC2CC(C)(C)C3)nn1C. The molecule has 5 nitrogen and oxygen atoms in total. The fourth-order valence-corrected chi connectivity index (χ4v) is 4.50. The molecule has 21 heavy (non-hydrogen) atoms. The molecular weight excluding hydrogens is 264 g/mol. The van der Waals surface area contributed by atoms with Crippen LogP contribution in [0.4, 0.5) is 10.6 Å². The van der Waals surface area contributed by atoms with E-state index in [0.29, 0.717) is 17.3 Å². The van der Waals surface area contributed by atoms with Gasteiger partial charge in [0.05, 0.1) is 0 Å². The predicted octanol–water partition coefficient (Wildman–Crippen LogP) is 3.16. The first-order valence-corrected chi connectivity index (χ1v) is 7.76. The van der Waals surface area contributed by atoms with Crippen molar-refractivity contribution in [2.24, 2.45) is 17.9 Å². The standard InChI is InChI=1S/C16H26N4O/c1-11-6-13(18-19(11)5)17-14(21)20-10-16(4)8-12(20)7-15(2,3)9-16/h6,12H,7-10H2,1-5H3,(H,17,18,21). The number of aromatic nitrogens is 2. The third kappa shape index (κ3) is 2.65. The summed E-state index contributed by atoms with van der Waals surface area (Å²) in [5.41, 5.74) is 1.64. The molecular formula is C16H26N4O. The monoisotopic (exact) mass is 290 g/mol. The molecule has 2 aliphatic rings. The zero-order chi connectivity index (χ0) is 15.4. The van der Waals surface area contributed by atoms with Gasteiger partial charge in [-0.05, 0) is 37.0 Å². The van der Waals surface area contributed by atoms with Gasteiger partial charge in [-0.1, -0.05) is 20.8 Å². The Labute approximate surface area is 126 Å². The Morgan fingerprint density at radius 3 is 2.71 bits per heavy atom. The molecule has 2 heterocycles. The molecule has 1 saturated heterocycles. The highest BCUT2D eigenvalue weighted by molar-refractivity contribution is 5.88. The Bertz CT molecular complexity index is 557. The smallest absolute Gasteiger partial charge is 0.321 e. The molecule has 2 amide bonds. The number of nitrogens with one attached hydrogen (secondary N) is 1. The third-order valence-electron chi connectivity index (χ3n) is 5.02. The van der Waals surface area contributed by atoms with Gasteiger partial charge in [0.1, 0.15) is 0 Å². The van der Waals surface area contributed by atoms with Gasteiger partial charge in [0.25, 0.3) is 0 Å². The minimum absolute atomic E-state index is 0.000440. The van der Waals surface area contributed by atoms with Gasteiger partial charge in [-0.15, -0.1) is 0 Å². The van der Waals surface area contributed by atoms with Gasteiger partial charge >= 0.3 is 6.03 Å². The third-order valence-corrected chi connectivity index (χ3v) is 5.02. The highest BCUT2D eigenvalue weighted by atomic mass is 16.2. The Kier molecular flexibility index (Phi) is 3.08. The lowest BCUT2D eigenvalue weighted by Crippen LogP contribution is -2.40. The number of carbonyl (C=O) groups excluding carboxylic acids is 1. The van der Waals surface area contributed by atoms with E-state index in [1.807, 2.05) is 24.9 Å². The van der Waals surface area contributed by atoms with Crippen molar-refractivity contribution in [1.29, 1.82) is 0 Å². The zero-order valence-electron chi connectivity index (χ0n) is 13.7. The van der Waals surface area contributed by atoms with Crippen molar-refractivity contribution in [3.63, 3.8) is 0 Å². The van der Waals surface area contributed by atoms with Gasteiger partial charge in [0, 0.05) is 31.4 Å². The minimum Gasteiger partial charge on any atom is -0.321 e. The van der Waals surface area contributed by atoms with Crippen LogP contribution in [0.2, 0.25) is 0 Å². The molecule has 2 bridgehead atoms. The molecule has 1 aromatic heterocycles. The molecule has 2 unspecified atom stereocenters. The highest BCUT2D eigenvalue weighted by Gasteiger charge is 2.51. The molecule has 1 aliphatic carbocycles. The summed E-state index contributed by atoms with van der Waals surface area (Å²) in [5, 5.41) is 7.27. The summed E-state index contributed by atoms with van der Waals surface area (Å²) in [6.45, 7) is 9.80. The predicted molar refractivity (Wildman–Crippen MR) is 83.2 cm³/mol. The Morgan fingerprint density at radius 1 is 1.38 bits per heavy atom. The molecule has 3 rings (SSSR count). The summed E-state index contributed by atoms with van der Waals surface area (Å²) in [5.74, 6) is 0.644. The molecule has 1 aliphatic heterocycles. The van der Waals surface area contributed by atoms with Crippen molar-refractivity contribution >= 4 is 11.8 Å². The maximum Gasteiger partial charge on any atom is 0.323 e. The lowest BCUT2D eigenvalue weighted by atomic mass is 9.65. The fourth-order valence-electron chi connectivity index (χ4n) is 4.50. The number of hydrogen-bond acceptors (Lipinski definition) is 2. The first-order valence-electron chi connectivity index (χ1n) is 7.76. The number of anilines is 1. The van der Waals surface area contributed by atoms with Gasteiger partial charge < -0.3 is 4.90 Å². The molecule has 116 valence electrons.